The highest BCUT2D eigenvalue weighted by molar-refractivity contribution is 5.38. The van der Waals surface area contributed by atoms with Crippen LogP contribution in [0.5, 0.6) is 0 Å². The molecule has 1 saturated carbocycles. The van der Waals surface area contributed by atoms with Crippen molar-refractivity contribution in [2.75, 3.05) is 13.1 Å². The largest absolute Gasteiger partial charge is 0.375 e. The fourth-order valence-electron chi connectivity index (χ4n) is 2.87. The van der Waals surface area contributed by atoms with E-state index in [2.05, 4.69) is 51.7 Å². The van der Waals surface area contributed by atoms with Crippen LogP contribution in [0.3, 0.4) is 0 Å². The zero-order valence-electron chi connectivity index (χ0n) is 12.3. The Bertz CT molecular complexity index is 288. The van der Waals surface area contributed by atoms with Crippen molar-refractivity contribution in [1.82, 2.24) is 4.90 Å². The Morgan fingerprint density at radius 1 is 1.24 bits per heavy atom. The second kappa shape index (κ2) is 6.88. The lowest BCUT2D eigenvalue weighted by molar-refractivity contribution is 0.332. The van der Waals surface area contributed by atoms with E-state index in [1.54, 1.807) is 11.3 Å². The molecule has 0 saturated heterocycles. The molecule has 98 valence electrons. The zero-order chi connectivity index (χ0) is 12.8. The van der Waals surface area contributed by atoms with Gasteiger partial charge in [0.2, 0.25) is 0 Å². The first-order valence-electron chi connectivity index (χ1n) is 7.28. The molecule has 2 atom stereocenters. The summed E-state index contributed by atoms with van der Waals surface area (Å²) in [6.45, 7) is 13.6. The van der Waals surface area contributed by atoms with Crippen LogP contribution in [-0.4, -0.2) is 18.0 Å². The highest BCUT2D eigenvalue weighted by Gasteiger charge is 2.43. The second-order valence-corrected chi connectivity index (χ2v) is 5.06. The normalized spacial score (nSPS) is 26.4. The summed E-state index contributed by atoms with van der Waals surface area (Å²) in [5, 5.41) is 0. The summed E-state index contributed by atoms with van der Waals surface area (Å²) in [6.07, 6.45) is 8.62. The van der Waals surface area contributed by atoms with Gasteiger partial charge in [-0.25, -0.2) is 0 Å². The minimum absolute atomic E-state index is 0.714. The van der Waals surface area contributed by atoms with Crippen LogP contribution in [0.25, 0.3) is 0 Å². The summed E-state index contributed by atoms with van der Waals surface area (Å²) in [4.78, 5) is 2.58. The van der Waals surface area contributed by atoms with Crippen LogP contribution in [0, 0.1) is 11.8 Å². The summed E-state index contributed by atoms with van der Waals surface area (Å²) < 4.78 is 0. The molecule has 0 bridgehead atoms. The molecule has 0 unspecified atom stereocenters. The summed E-state index contributed by atoms with van der Waals surface area (Å²) in [5.74, 6) is 1.48. The predicted octanol–water partition coefficient (Wildman–Crippen LogP) is 4.61. The van der Waals surface area contributed by atoms with Gasteiger partial charge in [-0.15, -0.1) is 0 Å². The van der Waals surface area contributed by atoms with E-state index in [9.17, 15) is 0 Å². The lowest BCUT2D eigenvalue weighted by Crippen LogP contribution is -2.25. The molecule has 0 N–H and O–H groups in total. The third-order valence-corrected chi connectivity index (χ3v) is 4.00. The highest BCUT2D eigenvalue weighted by Crippen LogP contribution is 2.50. The number of hydrogen-bond acceptors (Lipinski definition) is 1. The smallest absolute Gasteiger partial charge is 0.0261 e. The average molecular weight is 235 g/mol. The standard InChI is InChI=1S/C16H29N/c1-6-10-11-12-17(9-4)15(8-3)16-13(5)14(16)7-2/h7-8,13,16H,6,9-12H2,1-5H3/b14-7-,15-8+/t13-,16-/m0/s1. The lowest BCUT2D eigenvalue weighted by atomic mass is 10.1. The maximum absolute atomic E-state index is 2.58. The van der Waals surface area contributed by atoms with Crippen molar-refractivity contribution in [2.24, 2.45) is 11.8 Å². The molecule has 1 aliphatic carbocycles. The lowest BCUT2D eigenvalue weighted by Gasteiger charge is -2.26. The van der Waals surface area contributed by atoms with Gasteiger partial charge in [0.25, 0.3) is 0 Å². The first kappa shape index (κ1) is 14.3. The van der Waals surface area contributed by atoms with Gasteiger partial charge in [-0.2, -0.15) is 0 Å². The maximum atomic E-state index is 2.58. The van der Waals surface area contributed by atoms with E-state index in [-0.39, 0.29) is 0 Å². The van der Waals surface area contributed by atoms with Gasteiger partial charge in [0.1, 0.15) is 0 Å². The summed E-state index contributed by atoms with van der Waals surface area (Å²) in [5.41, 5.74) is 3.19. The third kappa shape index (κ3) is 3.37. The summed E-state index contributed by atoms with van der Waals surface area (Å²) in [7, 11) is 0. The Balaban J connectivity index is 2.60. The van der Waals surface area contributed by atoms with Crippen LogP contribution in [-0.2, 0) is 0 Å². The van der Waals surface area contributed by atoms with E-state index in [1.165, 1.54) is 25.8 Å². The highest BCUT2D eigenvalue weighted by atomic mass is 15.1. The van der Waals surface area contributed by atoms with Crippen molar-refractivity contribution < 1.29 is 0 Å². The maximum Gasteiger partial charge on any atom is 0.0261 e. The van der Waals surface area contributed by atoms with E-state index >= 15 is 0 Å². The Labute approximate surface area is 108 Å². The van der Waals surface area contributed by atoms with Gasteiger partial charge >= 0.3 is 0 Å². The summed E-state index contributed by atoms with van der Waals surface area (Å²) in [6, 6.07) is 0. The van der Waals surface area contributed by atoms with Gasteiger partial charge in [0.05, 0.1) is 0 Å². The van der Waals surface area contributed by atoms with Crippen LogP contribution >= 0.6 is 0 Å². The van der Waals surface area contributed by atoms with Crippen molar-refractivity contribution in [3.05, 3.63) is 23.4 Å². The van der Waals surface area contributed by atoms with Crippen LogP contribution < -0.4 is 0 Å². The van der Waals surface area contributed by atoms with Crippen LogP contribution in [0.4, 0.5) is 0 Å². The minimum atomic E-state index is 0.714. The van der Waals surface area contributed by atoms with E-state index in [0.717, 1.165) is 12.5 Å². The molecular formula is C16H29N. The first-order valence-corrected chi connectivity index (χ1v) is 7.28. The molecule has 0 aromatic heterocycles. The fraction of sp³-hybridized carbons (Fsp3) is 0.750. The third-order valence-electron chi connectivity index (χ3n) is 4.00. The molecule has 1 heteroatoms. The Morgan fingerprint density at radius 2 is 1.94 bits per heavy atom. The van der Waals surface area contributed by atoms with Gasteiger partial charge in [-0.05, 0) is 33.1 Å². The van der Waals surface area contributed by atoms with E-state index in [4.69, 9.17) is 0 Å². The number of rotatable bonds is 7. The first-order chi connectivity index (χ1) is 8.21. The number of allylic oxidation sites excluding steroid dienone is 3. The Kier molecular flexibility index (Phi) is 5.80. The molecule has 1 rings (SSSR count). The van der Waals surface area contributed by atoms with E-state index in [1.807, 2.05) is 0 Å². The van der Waals surface area contributed by atoms with E-state index in [0.29, 0.717) is 5.92 Å². The number of hydrogen-bond donors (Lipinski definition) is 0. The topological polar surface area (TPSA) is 3.24 Å². The van der Waals surface area contributed by atoms with Gasteiger partial charge in [0, 0.05) is 24.7 Å². The molecule has 0 heterocycles. The Morgan fingerprint density at radius 3 is 2.35 bits per heavy atom. The van der Waals surface area contributed by atoms with Crippen molar-refractivity contribution in [3.8, 4) is 0 Å². The molecular weight excluding hydrogens is 206 g/mol. The van der Waals surface area contributed by atoms with Crippen molar-refractivity contribution in [2.45, 2.75) is 53.9 Å². The van der Waals surface area contributed by atoms with Gasteiger partial charge in [-0.3, -0.25) is 0 Å². The molecule has 0 radical (unpaired) electrons. The number of unbranched alkanes of at least 4 members (excludes halogenated alkanes) is 2. The molecule has 1 nitrogen and oxygen atoms in total. The molecule has 0 spiro atoms. The SMILES string of the molecule is C/C=C1/[C@H](C)[C@@H]1/C(=C\C)N(CC)CCCCC. The second-order valence-electron chi connectivity index (χ2n) is 5.06. The quantitative estimate of drug-likeness (QED) is 0.460. The van der Waals surface area contributed by atoms with Gasteiger partial charge < -0.3 is 4.90 Å². The minimum Gasteiger partial charge on any atom is -0.375 e. The van der Waals surface area contributed by atoms with Gasteiger partial charge in [-0.1, -0.05) is 44.4 Å². The average Bonchev–Trinajstić information content (AvgIpc) is 2.99. The van der Waals surface area contributed by atoms with Gasteiger partial charge in [0.15, 0.2) is 0 Å². The van der Waals surface area contributed by atoms with Crippen LogP contribution in [0.15, 0.2) is 23.4 Å². The monoisotopic (exact) mass is 235 g/mol. The van der Waals surface area contributed by atoms with Crippen molar-refractivity contribution >= 4 is 0 Å². The predicted molar refractivity (Wildman–Crippen MR) is 76.9 cm³/mol. The molecule has 0 amide bonds. The zero-order valence-corrected chi connectivity index (χ0v) is 12.3. The molecule has 1 fully saturated rings. The van der Waals surface area contributed by atoms with Crippen LogP contribution in [0.2, 0.25) is 0 Å². The molecule has 17 heavy (non-hydrogen) atoms. The molecule has 0 aromatic carbocycles. The molecule has 0 aromatic rings. The van der Waals surface area contributed by atoms with Crippen molar-refractivity contribution in [1.29, 1.82) is 0 Å². The van der Waals surface area contributed by atoms with Crippen LogP contribution in [0.1, 0.15) is 53.9 Å². The Hall–Kier alpha value is -0.720. The molecule has 1 aliphatic rings. The van der Waals surface area contributed by atoms with Crippen molar-refractivity contribution in [3.63, 3.8) is 0 Å². The number of nitrogens with zero attached hydrogens (tertiary/aromatic N) is 1. The summed E-state index contributed by atoms with van der Waals surface area (Å²) >= 11 is 0. The fourth-order valence-corrected chi connectivity index (χ4v) is 2.87. The van der Waals surface area contributed by atoms with E-state index < -0.39 is 0 Å². The molecule has 0 aliphatic heterocycles.